The van der Waals surface area contributed by atoms with Gasteiger partial charge in [0.25, 0.3) is 5.91 Å². The first-order chi connectivity index (χ1) is 14.1. The Balaban J connectivity index is 1.46. The summed E-state index contributed by atoms with van der Waals surface area (Å²) < 4.78 is 2.01. The molecule has 0 bridgehead atoms. The number of hydrogen-bond donors (Lipinski definition) is 2. The van der Waals surface area contributed by atoms with Crippen molar-refractivity contribution in [3.63, 3.8) is 0 Å². The van der Waals surface area contributed by atoms with Crippen molar-refractivity contribution in [2.45, 2.75) is 38.3 Å². The molecule has 29 heavy (non-hydrogen) atoms. The second-order valence-electron chi connectivity index (χ2n) is 8.28. The fraction of sp³-hybridized carbons (Fsp3) is 0.571. The molecule has 8 nitrogen and oxygen atoms in total. The molecule has 4 heterocycles. The van der Waals surface area contributed by atoms with Gasteiger partial charge in [-0.05, 0) is 51.4 Å². The molecule has 2 aromatic rings. The number of fused-ring (bicyclic) bond motifs is 1. The number of H-pyrrole nitrogens is 1. The van der Waals surface area contributed by atoms with E-state index >= 15 is 0 Å². The van der Waals surface area contributed by atoms with E-state index in [0.717, 1.165) is 45.3 Å². The van der Waals surface area contributed by atoms with E-state index in [-0.39, 0.29) is 17.9 Å². The number of hydrogen-bond acceptors (Lipinski definition) is 4. The summed E-state index contributed by atoms with van der Waals surface area (Å²) in [7, 11) is 2.07. The van der Waals surface area contributed by atoms with E-state index in [1.54, 1.807) is 24.8 Å². The number of likely N-dealkylation sites (tertiary alicyclic amines) is 2. The Morgan fingerprint density at radius 3 is 3.00 bits per heavy atom. The summed E-state index contributed by atoms with van der Waals surface area (Å²) in [6.45, 7) is 3.77. The van der Waals surface area contributed by atoms with E-state index in [2.05, 4.69) is 27.2 Å². The molecule has 4 rings (SSSR count). The van der Waals surface area contributed by atoms with Gasteiger partial charge in [0.2, 0.25) is 5.91 Å². The van der Waals surface area contributed by atoms with Gasteiger partial charge in [-0.25, -0.2) is 4.98 Å². The van der Waals surface area contributed by atoms with Crippen molar-refractivity contribution in [1.82, 2.24) is 29.7 Å². The van der Waals surface area contributed by atoms with Crippen LogP contribution in [0.25, 0.3) is 0 Å². The van der Waals surface area contributed by atoms with Crippen molar-refractivity contribution in [2.75, 3.05) is 33.2 Å². The number of nitrogens with zero attached hydrogens (tertiary/aromatic N) is 4. The lowest BCUT2D eigenvalue weighted by molar-refractivity contribution is -0.142. The number of aryl methyl sites for hydroxylation is 1. The third-order valence-corrected chi connectivity index (χ3v) is 6.44. The van der Waals surface area contributed by atoms with Crippen molar-refractivity contribution in [3.8, 4) is 0 Å². The maximum atomic E-state index is 13.4. The minimum atomic E-state index is -0.498. The molecule has 0 aliphatic carbocycles. The number of carbonyl (C=O) groups is 2. The predicted octanol–water partition coefficient (Wildman–Crippen LogP) is 1.34. The molecule has 2 aliphatic rings. The average molecular weight is 399 g/mol. The first-order valence-corrected chi connectivity index (χ1v) is 10.5. The third kappa shape index (κ3) is 3.94. The summed E-state index contributed by atoms with van der Waals surface area (Å²) >= 11 is 0. The highest BCUT2D eigenvalue weighted by Gasteiger charge is 2.53. The standard InChI is InChI=1S/C21H30N6O2/c1-25-13-7-21(20(29)24-9-4-11-26-14-10-22-16-26)6-3-12-27(18(21)15-25)19(28)17-5-2-8-23-17/h2,5,8,10,14,16,18,23H,3-4,6-7,9,11-13,15H2,1H3,(H,24,29)/t18-,21+/m0/s1. The Hall–Kier alpha value is -2.61. The molecule has 156 valence electrons. The molecule has 2 N–H and O–H groups in total. The van der Waals surface area contributed by atoms with Crippen molar-refractivity contribution >= 4 is 11.8 Å². The van der Waals surface area contributed by atoms with Crippen molar-refractivity contribution in [2.24, 2.45) is 5.41 Å². The van der Waals surface area contributed by atoms with Gasteiger partial charge in [-0.1, -0.05) is 0 Å². The van der Waals surface area contributed by atoms with Crippen LogP contribution >= 0.6 is 0 Å². The fourth-order valence-corrected chi connectivity index (χ4v) is 4.83. The molecular formula is C21H30N6O2. The number of likely N-dealkylation sites (N-methyl/N-ethyl adjacent to an activating group) is 1. The van der Waals surface area contributed by atoms with Crippen LogP contribution in [-0.2, 0) is 11.3 Å². The van der Waals surface area contributed by atoms with Crippen LogP contribution in [0.5, 0.6) is 0 Å². The van der Waals surface area contributed by atoms with Crippen LogP contribution in [-0.4, -0.2) is 75.4 Å². The maximum Gasteiger partial charge on any atom is 0.270 e. The predicted molar refractivity (Wildman–Crippen MR) is 109 cm³/mol. The summed E-state index contributed by atoms with van der Waals surface area (Å²) in [4.78, 5) is 37.7. The molecule has 0 aromatic carbocycles. The SMILES string of the molecule is CN1CC[C@]2(C(=O)NCCCn3ccnc3)CCCN(C(=O)c3ccc[nH]3)[C@H]2C1. The Bertz CT molecular complexity index is 818. The second-order valence-corrected chi connectivity index (χ2v) is 8.28. The number of aromatic nitrogens is 3. The van der Waals surface area contributed by atoms with Gasteiger partial charge in [-0.3, -0.25) is 9.59 Å². The number of imidazole rings is 1. The topological polar surface area (TPSA) is 86.3 Å². The average Bonchev–Trinajstić information content (AvgIpc) is 3.44. The van der Waals surface area contributed by atoms with E-state index in [1.165, 1.54) is 0 Å². The molecule has 8 heteroatoms. The molecule has 0 saturated carbocycles. The zero-order chi connectivity index (χ0) is 20.3. The van der Waals surface area contributed by atoms with Gasteiger partial charge in [0, 0.05) is 44.8 Å². The van der Waals surface area contributed by atoms with E-state index in [1.807, 2.05) is 21.7 Å². The normalized spacial score (nSPS) is 24.9. The van der Waals surface area contributed by atoms with Crippen molar-refractivity contribution < 1.29 is 9.59 Å². The monoisotopic (exact) mass is 398 g/mol. The Morgan fingerprint density at radius 2 is 2.24 bits per heavy atom. The van der Waals surface area contributed by atoms with Gasteiger partial charge < -0.3 is 24.7 Å². The molecule has 2 amide bonds. The number of piperidine rings is 2. The van der Waals surface area contributed by atoms with E-state index in [9.17, 15) is 9.59 Å². The van der Waals surface area contributed by atoms with Gasteiger partial charge >= 0.3 is 0 Å². The van der Waals surface area contributed by atoms with Crippen LogP contribution in [0, 0.1) is 5.41 Å². The lowest BCUT2D eigenvalue weighted by Crippen LogP contribution is -2.66. The molecule has 2 aromatic heterocycles. The van der Waals surface area contributed by atoms with Gasteiger partial charge in [-0.15, -0.1) is 0 Å². The number of aromatic amines is 1. The largest absolute Gasteiger partial charge is 0.357 e. The zero-order valence-electron chi connectivity index (χ0n) is 17.0. The van der Waals surface area contributed by atoms with Crippen LogP contribution in [0.15, 0.2) is 37.1 Å². The molecule has 2 aliphatic heterocycles. The third-order valence-electron chi connectivity index (χ3n) is 6.44. The van der Waals surface area contributed by atoms with Crippen LogP contribution in [0.2, 0.25) is 0 Å². The quantitative estimate of drug-likeness (QED) is 0.719. The molecule has 2 saturated heterocycles. The first kappa shape index (κ1) is 19.7. The highest BCUT2D eigenvalue weighted by atomic mass is 16.2. The van der Waals surface area contributed by atoms with Crippen LogP contribution < -0.4 is 5.32 Å². The van der Waals surface area contributed by atoms with Crippen LogP contribution in [0.1, 0.15) is 36.2 Å². The maximum absolute atomic E-state index is 13.4. The molecule has 2 fully saturated rings. The summed E-state index contributed by atoms with van der Waals surface area (Å²) in [5, 5.41) is 3.18. The lowest BCUT2D eigenvalue weighted by Gasteiger charge is -2.53. The van der Waals surface area contributed by atoms with Crippen LogP contribution in [0.4, 0.5) is 0 Å². The van der Waals surface area contributed by atoms with Gasteiger partial charge in [0.1, 0.15) is 5.69 Å². The van der Waals surface area contributed by atoms with Crippen molar-refractivity contribution in [3.05, 3.63) is 42.7 Å². The second kappa shape index (κ2) is 8.41. The highest BCUT2D eigenvalue weighted by Crippen LogP contribution is 2.43. The van der Waals surface area contributed by atoms with E-state index in [4.69, 9.17) is 0 Å². The molecule has 0 spiro atoms. The van der Waals surface area contributed by atoms with Crippen LogP contribution in [0.3, 0.4) is 0 Å². The summed E-state index contributed by atoms with van der Waals surface area (Å²) in [6, 6.07) is 3.55. The molecule has 0 unspecified atom stereocenters. The van der Waals surface area contributed by atoms with Gasteiger partial charge in [0.15, 0.2) is 0 Å². The van der Waals surface area contributed by atoms with E-state index < -0.39 is 5.41 Å². The lowest BCUT2D eigenvalue weighted by atomic mass is 9.67. The summed E-state index contributed by atoms with van der Waals surface area (Å²) in [5.41, 5.74) is 0.0944. The molecular weight excluding hydrogens is 368 g/mol. The van der Waals surface area contributed by atoms with Gasteiger partial charge in [0.05, 0.1) is 17.8 Å². The Kier molecular flexibility index (Phi) is 5.71. The molecule has 2 atom stereocenters. The minimum absolute atomic E-state index is 0.00715. The number of rotatable bonds is 6. The summed E-state index contributed by atoms with van der Waals surface area (Å²) in [6.07, 6.45) is 10.6. The highest BCUT2D eigenvalue weighted by molar-refractivity contribution is 5.94. The summed E-state index contributed by atoms with van der Waals surface area (Å²) in [5.74, 6) is 0.0949. The Labute approximate surface area is 171 Å². The fourth-order valence-electron chi connectivity index (χ4n) is 4.83. The number of carbonyl (C=O) groups excluding carboxylic acids is 2. The Morgan fingerprint density at radius 1 is 1.34 bits per heavy atom. The van der Waals surface area contributed by atoms with Gasteiger partial charge in [-0.2, -0.15) is 0 Å². The van der Waals surface area contributed by atoms with E-state index in [0.29, 0.717) is 18.8 Å². The molecule has 0 radical (unpaired) electrons. The minimum Gasteiger partial charge on any atom is -0.357 e. The smallest absolute Gasteiger partial charge is 0.270 e. The zero-order valence-corrected chi connectivity index (χ0v) is 17.0. The van der Waals surface area contributed by atoms with Crippen molar-refractivity contribution in [1.29, 1.82) is 0 Å². The number of nitrogens with one attached hydrogen (secondary N) is 2. The first-order valence-electron chi connectivity index (χ1n) is 10.5. The number of amides is 2.